The fourth-order valence-electron chi connectivity index (χ4n) is 5.19. The van der Waals surface area contributed by atoms with Crippen LogP contribution >= 0.6 is 0 Å². The molecule has 1 aliphatic heterocycles. The van der Waals surface area contributed by atoms with Gasteiger partial charge in [0.1, 0.15) is 6.61 Å². The highest BCUT2D eigenvalue weighted by Gasteiger charge is 2.31. The Hall–Kier alpha value is -3.44. The maximum atomic E-state index is 13.2. The number of halogens is 3. The van der Waals surface area contributed by atoms with Crippen molar-refractivity contribution in [1.29, 1.82) is 0 Å². The lowest BCUT2D eigenvalue weighted by Gasteiger charge is -2.29. The summed E-state index contributed by atoms with van der Waals surface area (Å²) in [5.41, 5.74) is 1.18. The summed E-state index contributed by atoms with van der Waals surface area (Å²) in [5, 5.41) is 9.75. The monoisotopic (exact) mass is 516 g/mol. The number of benzene rings is 2. The molecular weight excluding hydrogens is 489 g/mol. The number of carbonyl (C=O) groups excluding carboxylic acids is 2. The zero-order valence-corrected chi connectivity index (χ0v) is 20.0. The van der Waals surface area contributed by atoms with Crippen LogP contribution in [-0.4, -0.2) is 52.8 Å². The number of carbonyl (C=O) groups is 2. The summed E-state index contributed by atoms with van der Waals surface area (Å²) in [6.07, 6.45) is -1.31. The molecule has 0 spiro atoms. The van der Waals surface area contributed by atoms with E-state index in [0.29, 0.717) is 30.8 Å². The zero-order chi connectivity index (χ0) is 26.2. The van der Waals surface area contributed by atoms with Crippen LogP contribution in [-0.2, 0) is 15.7 Å². The predicted octanol–water partition coefficient (Wildman–Crippen LogP) is 3.82. The largest absolute Gasteiger partial charge is 0.416 e. The Balaban J connectivity index is 1.60. The van der Waals surface area contributed by atoms with Crippen LogP contribution in [0.5, 0.6) is 0 Å². The van der Waals surface area contributed by atoms with Gasteiger partial charge in [0.25, 0.3) is 11.8 Å². The molecule has 1 aromatic heterocycles. The van der Waals surface area contributed by atoms with Gasteiger partial charge in [0, 0.05) is 30.4 Å². The third kappa shape index (κ3) is 5.19. The Morgan fingerprint density at radius 2 is 2.03 bits per heavy atom. The summed E-state index contributed by atoms with van der Waals surface area (Å²) < 4.78 is 46.7. The van der Waals surface area contributed by atoms with Crippen molar-refractivity contribution in [2.45, 2.75) is 37.9 Å². The maximum Gasteiger partial charge on any atom is 0.416 e. The summed E-state index contributed by atoms with van der Waals surface area (Å²) in [4.78, 5) is 34.3. The molecule has 2 fully saturated rings. The van der Waals surface area contributed by atoms with Crippen LogP contribution in [0.1, 0.15) is 47.6 Å². The van der Waals surface area contributed by atoms with Gasteiger partial charge in [-0.3, -0.25) is 9.59 Å². The first kappa shape index (κ1) is 25.2. The molecule has 1 aliphatic carbocycles. The number of amides is 2. The lowest BCUT2D eigenvalue weighted by atomic mass is 9.86. The average Bonchev–Trinajstić information content (AvgIpc) is 3.25. The second kappa shape index (κ2) is 10.1. The quantitative estimate of drug-likeness (QED) is 0.551. The number of hydrogen-bond acceptors (Lipinski definition) is 4. The number of rotatable bonds is 4. The molecule has 2 aromatic carbocycles. The van der Waals surface area contributed by atoms with Crippen molar-refractivity contribution in [3.05, 3.63) is 59.2 Å². The van der Waals surface area contributed by atoms with Gasteiger partial charge in [0.2, 0.25) is 5.62 Å². The summed E-state index contributed by atoms with van der Waals surface area (Å²) in [7, 11) is 0. The summed E-state index contributed by atoms with van der Waals surface area (Å²) >= 11 is 0. The normalized spacial score (nSPS) is 21.6. The van der Waals surface area contributed by atoms with Gasteiger partial charge < -0.3 is 24.3 Å². The lowest BCUT2D eigenvalue weighted by molar-refractivity contribution is -0.137. The number of nitrogens with zero attached hydrogens (tertiary/aromatic N) is 3. The molecule has 196 valence electrons. The van der Waals surface area contributed by atoms with Gasteiger partial charge in [-0.2, -0.15) is 18.2 Å². The second-order valence-corrected chi connectivity index (χ2v) is 9.48. The number of imidazole rings is 1. The average molecular weight is 517 g/mol. The van der Waals surface area contributed by atoms with Gasteiger partial charge >= 0.3 is 6.18 Å². The number of hydrogen-bond donors (Lipinski definition) is 2. The van der Waals surface area contributed by atoms with Crippen LogP contribution in [0.2, 0.25) is 0 Å². The molecular formula is C26H27F3N4O4. The van der Waals surface area contributed by atoms with Crippen LogP contribution in [0, 0.1) is 5.92 Å². The van der Waals surface area contributed by atoms with E-state index in [2.05, 4.69) is 9.98 Å². The van der Waals surface area contributed by atoms with Crippen molar-refractivity contribution in [2.75, 3.05) is 31.3 Å². The predicted molar refractivity (Wildman–Crippen MR) is 129 cm³/mol. The minimum Gasteiger partial charge on any atom is -0.396 e. The standard InChI is InChI=1S/C26H27F3N4O4/c27-26(28,29)18-5-2-4-17(12-18)24(36)31-25-30-21-13-19(32-9-10-37-15-23(32)35)7-8-22(21)33(25)20-6-1-3-16(11-20)14-34/h2,4-5,7-8,12-13,16,20,34H,1,3,6,9-11,14-15H2,(H,30,31,36). The number of aliphatic hydroxyl groups excluding tert-OH is 1. The van der Waals surface area contributed by atoms with E-state index in [4.69, 9.17) is 4.74 Å². The Bertz CT molecular complexity index is 1390. The summed E-state index contributed by atoms with van der Waals surface area (Å²) in [6.45, 7) is 0.889. The number of alkyl halides is 3. The first-order chi connectivity index (χ1) is 17.7. The Labute approximate surface area is 210 Å². The Kier molecular flexibility index (Phi) is 6.91. The van der Waals surface area contributed by atoms with E-state index in [1.165, 1.54) is 12.1 Å². The number of aliphatic hydroxyl groups is 1. The molecule has 3 aromatic rings. The van der Waals surface area contributed by atoms with Crippen molar-refractivity contribution in [3.8, 4) is 0 Å². The van der Waals surface area contributed by atoms with Crippen molar-refractivity contribution < 1.29 is 32.6 Å². The second-order valence-electron chi connectivity index (χ2n) is 9.48. The van der Waals surface area contributed by atoms with E-state index < -0.39 is 17.6 Å². The van der Waals surface area contributed by atoms with E-state index in [1.54, 1.807) is 11.0 Å². The minimum absolute atomic E-state index is 0.000535. The highest BCUT2D eigenvalue weighted by molar-refractivity contribution is 5.97. The number of H-pyrrole nitrogens is 1. The van der Waals surface area contributed by atoms with E-state index in [1.807, 2.05) is 16.7 Å². The van der Waals surface area contributed by atoms with Crippen LogP contribution in [0.25, 0.3) is 11.0 Å². The van der Waals surface area contributed by atoms with Crippen molar-refractivity contribution in [2.24, 2.45) is 10.9 Å². The maximum absolute atomic E-state index is 13.2. The summed E-state index contributed by atoms with van der Waals surface area (Å²) in [6, 6.07) is 9.59. The van der Waals surface area contributed by atoms with Crippen LogP contribution in [0.4, 0.5) is 18.9 Å². The van der Waals surface area contributed by atoms with Crippen molar-refractivity contribution >= 4 is 28.5 Å². The van der Waals surface area contributed by atoms with Gasteiger partial charge in [0.15, 0.2) is 0 Å². The Morgan fingerprint density at radius 3 is 2.78 bits per heavy atom. The van der Waals surface area contributed by atoms with E-state index in [9.17, 15) is 27.9 Å². The minimum atomic E-state index is -4.58. The molecule has 37 heavy (non-hydrogen) atoms. The molecule has 11 heteroatoms. The molecule has 8 nitrogen and oxygen atoms in total. The van der Waals surface area contributed by atoms with Crippen molar-refractivity contribution in [1.82, 2.24) is 9.55 Å². The van der Waals surface area contributed by atoms with E-state index in [0.717, 1.165) is 36.9 Å². The van der Waals surface area contributed by atoms with Gasteiger partial charge in [-0.1, -0.05) is 12.5 Å². The highest BCUT2D eigenvalue weighted by atomic mass is 19.4. The molecule has 0 bridgehead atoms. The fraction of sp³-hybridized carbons (Fsp3) is 0.423. The number of nitrogens with one attached hydrogen (secondary N) is 1. The zero-order valence-electron chi connectivity index (χ0n) is 20.0. The number of ether oxygens (including phenoxy) is 1. The molecule has 2 heterocycles. The van der Waals surface area contributed by atoms with Crippen molar-refractivity contribution in [3.63, 3.8) is 0 Å². The Morgan fingerprint density at radius 1 is 1.19 bits per heavy atom. The lowest BCUT2D eigenvalue weighted by Crippen LogP contribution is -2.41. The highest BCUT2D eigenvalue weighted by Crippen LogP contribution is 2.34. The molecule has 2 aliphatic rings. The summed E-state index contributed by atoms with van der Waals surface area (Å²) in [5.74, 6) is -0.856. The van der Waals surface area contributed by atoms with Gasteiger partial charge in [-0.25, -0.2) is 0 Å². The fourth-order valence-corrected chi connectivity index (χ4v) is 5.19. The topological polar surface area (TPSA) is 99.9 Å². The first-order valence-electron chi connectivity index (χ1n) is 12.2. The molecule has 2 N–H and O–H groups in total. The van der Waals surface area contributed by atoms with Crippen LogP contribution in [0.3, 0.4) is 0 Å². The van der Waals surface area contributed by atoms with E-state index >= 15 is 0 Å². The number of morpholine rings is 1. The molecule has 2 unspecified atom stereocenters. The SMILES string of the molecule is O=C(/N=c1\[nH]c2cc(N3CCOCC3=O)ccc2n1C1CCCC(CO)C1)c1cccc(C(F)(F)F)c1. The number of anilines is 1. The molecule has 1 saturated carbocycles. The third-order valence-electron chi connectivity index (χ3n) is 7.03. The van der Waals surface area contributed by atoms with Crippen LogP contribution < -0.4 is 10.5 Å². The van der Waals surface area contributed by atoms with Gasteiger partial charge in [-0.05, 0) is 61.6 Å². The van der Waals surface area contributed by atoms with Gasteiger partial charge in [0.05, 0.1) is 23.2 Å². The molecule has 1 saturated heterocycles. The molecule has 2 amide bonds. The molecule has 5 rings (SSSR count). The van der Waals surface area contributed by atoms with Crippen LogP contribution in [0.15, 0.2) is 47.5 Å². The number of aromatic nitrogens is 2. The van der Waals surface area contributed by atoms with Gasteiger partial charge in [-0.15, -0.1) is 0 Å². The molecule has 0 radical (unpaired) electrons. The third-order valence-corrected chi connectivity index (χ3v) is 7.03. The number of aromatic amines is 1. The smallest absolute Gasteiger partial charge is 0.396 e. The molecule has 2 atom stereocenters. The number of fused-ring (bicyclic) bond motifs is 1. The first-order valence-corrected chi connectivity index (χ1v) is 12.2. The van der Waals surface area contributed by atoms with E-state index in [-0.39, 0.29) is 42.3 Å².